The van der Waals surface area contributed by atoms with E-state index < -0.39 is 0 Å². The molecule has 0 saturated carbocycles. The van der Waals surface area contributed by atoms with Crippen LogP contribution in [0.1, 0.15) is 22.3 Å². The topological polar surface area (TPSA) is 66.2 Å². The summed E-state index contributed by atoms with van der Waals surface area (Å²) < 4.78 is 6.04. The zero-order valence-electron chi connectivity index (χ0n) is 13.6. The fourth-order valence-electron chi connectivity index (χ4n) is 3.38. The molecule has 0 N–H and O–H groups in total. The van der Waals surface area contributed by atoms with Gasteiger partial charge in [-0.1, -0.05) is 12.1 Å². The van der Waals surface area contributed by atoms with Crippen molar-refractivity contribution in [3.8, 4) is 11.9 Å². The van der Waals surface area contributed by atoms with Crippen molar-refractivity contribution in [2.45, 2.75) is 17.3 Å². The molecule has 1 spiro atoms. The number of carbonyl (C=O) groups excluding carboxylic acids is 1. The van der Waals surface area contributed by atoms with Crippen LogP contribution in [-0.2, 0) is 0 Å². The van der Waals surface area contributed by atoms with Gasteiger partial charge in [0.1, 0.15) is 6.10 Å². The smallest absolute Gasteiger partial charge is 0.253 e. The maximum Gasteiger partial charge on any atom is 0.253 e. The van der Waals surface area contributed by atoms with Crippen LogP contribution < -0.4 is 4.74 Å². The Kier molecular flexibility index (Phi) is 4.10. The fraction of sp³-hybridized carbons (Fsp3) is 0.316. The molecule has 1 aromatic heterocycles. The molecule has 4 rings (SSSR count). The molecule has 2 aliphatic heterocycles. The number of hydrogen-bond donors (Lipinski definition) is 0. The Balaban J connectivity index is 1.35. The van der Waals surface area contributed by atoms with Crippen LogP contribution >= 0.6 is 11.8 Å². The number of pyridine rings is 1. The van der Waals surface area contributed by atoms with Crippen molar-refractivity contribution in [2.24, 2.45) is 0 Å². The summed E-state index contributed by atoms with van der Waals surface area (Å²) in [6, 6.07) is 14.6. The van der Waals surface area contributed by atoms with Gasteiger partial charge in [-0.3, -0.25) is 4.79 Å². The third-order valence-corrected chi connectivity index (χ3v) is 6.16. The van der Waals surface area contributed by atoms with Gasteiger partial charge >= 0.3 is 0 Å². The number of benzene rings is 1. The fourth-order valence-corrected chi connectivity index (χ4v) is 4.91. The largest absolute Gasteiger partial charge is 0.473 e. The van der Waals surface area contributed by atoms with Crippen LogP contribution in [0.3, 0.4) is 0 Å². The van der Waals surface area contributed by atoms with Gasteiger partial charge in [0.15, 0.2) is 0 Å². The molecule has 0 bridgehead atoms. The second-order valence-electron chi connectivity index (χ2n) is 6.46. The molecule has 1 aromatic carbocycles. The molecule has 1 atom stereocenters. The van der Waals surface area contributed by atoms with Crippen LogP contribution in [0.25, 0.3) is 0 Å². The number of likely N-dealkylation sites (tertiary alicyclic amines) is 1. The van der Waals surface area contributed by atoms with Crippen molar-refractivity contribution in [2.75, 3.05) is 18.8 Å². The lowest BCUT2D eigenvalue weighted by Crippen LogP contribution is -2.60. The summed E-state index contributed by atoms with van der Waals surface area (Å²) in [7, 11) is 0. The maximum absolute atomic E-state index is 12.6. The van der Waals surface area contributed by atoms with E-state index in [2.05, 4.69) is 11.1 Å². The van der Waals surface area contributed by atoms with E-state index in [1.165, 1.54) is 0 Å². The molecule has 2 saturated heterocycles. The van der Waals surface area contributed by atoms with Crippen LogP contribution in [-0.4, -0.2) is 45.5 Å². The highest BCUT2D eigenvalue weighted by atomic mass is 32.2. The molecule has 0 unspecified atom stereocenters. The van der Waals surface area contributed by atoms with Crippen molar-refractivity contribution < 1.29 is 9.53 Å². The molecule has 6 heteroatoms. The zero-order valence-corrected chi connectivity index (χ0v) is 14.4. The van der Waals surface area contributed by atoms with Crippen LogP contribution in [0, 0.1) is 11.3 Å². The Morgan fingerprint density at radius 1 is 1.32 bits per heavy atom. The van der Waals surface area contributed by atoms with Gasteiger partial charge in [0.2, 0.25) is 5.88 Å². The Hall–Kier alpha value is -2.52. The molecule has 3 heterocycles. The van der Waals surface area contributed by atoms with Crippen molar-refractivity contribution in [1.82, 2.24) is 9.88 Å². The van der Waals surface area contributed by atoms with E-state index in [9.17, 15) is 4.79 Å². The highest BCUT2D eigenvalue weighted by molar-refractivity contribution is 8.01. The van der Waals surface area contributed by atoms with Gasteiger partial charge in [-0.2, -0.15) is 5.26 Å². The molecule has 0 aliphatic carbocycles. The molecular formula is C19H17N3O2S. The minimum atomic E-state index is -0.00239. The number of amides is 1. The minimum Gasteiger partial charge on any atom is -0.473 e. The molecule has 2 aromatic rings. The van der Waals surface area contributed by atoms with Crippen molar-refractivity contribution in [3.63, 3.8) is 0 Å². The molecule has 25 heavy (non-hydrogen) atoms. The number of carbonyl (C=O) groups is 1. The molecule has 2 fully saturated rings. The predicted octanol–water partition coefficient (Wildman–Crippen LogP) is 2.73. The zero-order chi connectivity index (χ0) is 17.3. The number of ether oxygens (including phenoxy) is 1. The molecule has 0 radical (unpaired) electrons. The van der Waals surface area contributed by atoms with Crippen LogP contribution in [0.5, 0.6) is 5.88 Å². The molecule has 126 valence electrons. The van der Waals surface area contributed by atoms with Gasteiger partial charge < -0.3 is 9.64 Å². The summed E-state index contributed by atoms with van der Waals surface area (Å²) in [5.41, 5.74) is 1.10. The highest BCUT2D eigenvalue weighted by Crippen LogP contribution is 2.46. The Labute approximate surface area is 150 Å². The van der Waals surface area contributed by atoms with Gasteiger partial charge in [-0.25, -0.2) is 4.98 Å². The van der Waals surface area contributed by atoms with Gasteiger partial charge in [0, 0.05) is 43.1 Å². The number of aromatic nitrogens is 1. The summed E-state index contributed by atoms with van der Waals surface area (Å²) in [6.45, 7) is 1.46. The normalized spacial score (nSPS) is 20.8. The first-order valence-corrected chi connectivity index (χ1v) is 9.17. The average molecular weight is 351 g/mol. The lowest BCUT2D eigenvalue weighted by molar-refractivity contribution is 0.0516. The van der Waals surface area contributed by atoms with E-state index in [1.807, 2.05) is 34.9 Å². The maximum atomic E-state index is 12.6. The first-order chi connectivity index (χ1) is 12.2. The van der Waals surface area contributed by atoms with Crippen LogP contribution in [0.4, 0.5) is 0 Å². The van der Waals surface area contributed by atoms with Gasteiger partial charge in [0.25, 0.3) is 5.91 Å². The Bertz CT molecular complexity index is 828. The molecule has 2 aliphatic rings. The number of hydrogen-bond acceptors (Lipinski definition) is 5. The van der Waals surface area contributed by atoms with Gasteiger partial charge in [0.05, 0.1) is 16.4 Å². The second-order valence-corrected chi connectivity index (χ2v) is 7.95. The molecule has 1 amide bonds. The van der Waals surface area contributed by atoms with Gasteiger partial charge in [-0.15, -0.1) is 11.8 Å². The standard InChI is InChI=1S/C19H17N3O2S/c20-10-14-4-3-5-15(8-14)18(23)22-12-19(13-22)9-16(11-25-19)24-17-6-1-2-7-21-17/h1-8,16H,9,11-13H2/t16-/m0/s1. The third kappa shape index (κ3) is 3.20. The lowest BCUT2D eigenvalue weighted by atomic mass is 9.92. The van der Waals surface area contributed by atoms with Crippen molar-refractivity contribution in [1.29, 1.82) is 5.26 Å². The van der Waals surface area contributed by atoms with E-state index in [-0.39, 0.29) is 16.8 Å². The van der Waals surface area contributed by atoms with Gasteiger partial charge in [-0.05, 0) is 24.3 Å². The quantitative estimate of drug-likeness (QED) is 0.851. The average Bonchev–Trinajstić information content (AvgIpc) is 3.05. The minimum absolute atomic E-state index is 0.00239. The summed E-state index contributed by atoms with van der Waals surface area (Å²) >= 11 is 1.88. The Morgan fingerprint density at radius 3 is 2.96 bits per heavy atom. The first-order valence-electron chi connectivity index (χ1n) is 8.19. The van der Waals surface area contributed by atoms with E-state index in [1.54, 1.807) is 30.5 Å². The van der Waals surface area contributed by atoms with Crippen molar-refractivity contribution in [3.05, 3.63) is 59.8 Å². The monoisotopic (exact) mass is 351 g/mol. The summed E-state index contributed by atoms with van der Waals surface area (Å²) in [5, 5.41) is 8.97. The number of nitriles is 1. The van der Waals surface area contributed by atoms with Crippen LogP contribution in [0.2, 0.25) is 0 Å². The molecular weight excluding hydrogens is 334 g/mol. The highest BCUT2D eigenvalue weighted by Gasteiger charge is 2.51. The van der Waals surface area contributed by atoms with E-state index in [4.69, 9.17) is 10.00 Å². The van der Waals surface area contributed by atoms with Crippen molar-refractivity contribution >= 4 is 17.7 Å². The number of nitrogens with zero attached hydrogens (tertiary/aromatic N) is 3. The summed E-state index contributed by atoms with van der Waals surface area (Å²) in [5.74, 6) is 1.57. The van der Waals surface area contributed by atoms with Crippen LogP contribution in [0.15, 0.2) is 48.7 Å². The predicted molar refractivity (Wildman–Crippen MR) is 95.5 cm³/mol. The third-order valence-electron chi connectivity index (χ3n) is 4.58. The molecule has 5 nitrogen and oxygen atoms in total. The van der Waals surface area contributed by atoms with E-state index in [0.717, 1.165) is 25.3 Å². The Morgan fingerprint density at radius 2 is 2.20 bits per heavy atom. The lowest BCUT2D eigenvalue weighted by Gasteiger charge is -2.47. The van der Waals surface area contributed by atoms with E-state index >= 15 is 0 Å². The number of thioether (sulfide) groups is 1. The van der Waals surface area contributed by atoms with E-state index in [0.29, 0.717) is 17.0 Å². The first kappa shape index (κ1) is 16.0. The second kappa shape index (κ2) is 6.41. The summed E-state index contributed by atoms with van der Waals surface area (Å²) in [6.07, 6.45) is 2.79. The summed E-state index contributed by atoms with van der Waals surface area (Å²) in [4.78, 5) is 18.6. The SMILES string of the molecule is N#Cc1cccc(C(=O)N2CC3(C[C@H](Oc4ccccn4)CS3)C2)c1. The number of rotatable bonds is 3.